The molecule has 4 saturated carbocycles. The van der Waals surface area contributed by atoms with Crippen molar-refractivity contribution >= 4 is 5.97 Å². The fraction of sp³-hybridized carbons (Fsp3) is 0.870. The lowest BCUT2D eigenvalue weighted by atomic mass is 9.42. The minimum atomic E-state index is -0.906. The Kier molecular flexibility index (Phi) is 4.12. The Labute approximate surface area is 167 Å². The summed E-state index contributed by atoms with van der Waals surface area (Å²) in [5, 5.41) is 33.7. The number of hydrogen-bond donors (Lipinski definition) is 3. The van der Waals surface area contributed by atoms with Gasteiger partial charge in [-0.25, -0.2) is 4.79 Å². The smallest absolute Gasteiger partial charge is 0.331 e. The zero-order chi connectivity index (χ0) is 19.9. The average Bonchev–Trinajstić information content (AvgIpc) is 3.19. The van der Waals surface area contributed by atoms with Gasteiger partial charge in [-0.05, 0) is 86.0 Å². The highest BCUT2D eigenvalue weighted by molar-refractivity contribution is 5.85. The van der Waals surface area contributed by atoms with E-state index in [0.29, 0.717) is 31.3 Å². The van der Waals surface area contributed by atoms with Gasteiger partial charge in [0.05, 0.1) is 17.8 Å². The van der Waals surface area contributed by atoms with Crippen molar-refractivity contribution in [2.45, 2.75) is 83.0 Å². The lowest BCUT2D eigenvalue weighted by Gasteiger charge is -2.64. The Bertz CT molecular complexity index is 718. The van der Waals surface area contributed by atoms with E-state index >= 15 is 0 Å². The third-order valence-corrected chi connectivity index (χ3v) is 10.0. The minimum Gasteiger partial charge on any atom is -0.458 e. The van der Waals surface area contributed by atoms with Gasteiger partial charge in [0.1, 0.15) is 6.61 Å². The van der Waals surface area contributed by atoms with Crippen LogP contribution in [0.3, 0.4) is 0 Å². The van der Waals surface area contributed by atoms with Gasteiger partial charge in [-0.15, -0.1) is 0 Å². The number of cyclic esters (lactones) is 1. The molecule has 0 spiro atoms. The summed E-state index contributed by atoms with van der Waals surface area (Å²) in [6.07, 6.45) is 7.69. The summed E-state index contributed by atoms with van der Waals surface area (Å²) in [6, 6.07) is 0. The molecule has 28 heavy (non-hydrogen) atoms. The summed E-state index contributed by atoms with van der Waals surface area (Å²) in [4.78, 5) is 11.6. The summed E-state index contributed by atoms with van der Waals surface area (Å²) in [7, 11) is 0. The van der Waals surface area contributed by atoms with Crippen molar-refractivity contribution < 1.29 is 24.9 Å². The molecule has 1 aliphatic heterocycles. The zero-order valence-electron chi connectivity index (χ0n) is 17.1. The first-order valence-corrected chi connectivity index (χ1v) is 11.2. The molecule has 5 heteroatoms. The van der Waals surface area contributed by atoms with Crippen molar-refractivity contribution in [2.24, 2.45) is 34.5 Å². The molecule has 0 amide bonds. The molecule has 156 valence electrons. The standard InChI is InChI=1S/C23H34O5/c1-21-7-5-15(24)10-14(21)3-4-17-18(21)11-19(25)22(2)16(6-8-23(17,22)27)13-9-20(26)28-12-13/h9,14-19,24-25,27H,3-8,10-12H2,1-2H3/t14-,15+,16-,17-,18-,19-,21-,22-,23-/m0/s1. The molecule has 5 nitrogen and oxygen atoms in total. The average molecular weight is 391 g/mol. The summed E-state index contributed by atoms with van der Waals surface area (Å²) in [5.74, 6) is 0.657. The monoisotopic (exact) mass is 390 g/mol. The topological polar surface area (TPSA) is 87.0 Å². The van der Waals surface area contributed by atoms with Gasteiger partial charge in [0, 0.05) is 11.5 Å². The van der Waals surface area contributed by atoms with E-state index in [0.717, 1.165) is 44.1 Å². The molecule has 4 fully saturated rings. The molecule has 5 aliphatic rings. The predicted molar refractivity (Wildman–Crippen MR) is 103 cm³/mol. The van der Waals surface area contributed by atoms with E-state index in [4.69, 9.17) is 4.74 Å². The van der Waals surface area contributed by atoms with E-state index in [1.807, 2.05) is 6.92 Å². The number of aliphatic hydroxyl groups excluding tert-OH is 2. The van der Waals surface area contributed by atoms with Crippen LogP contribution in [0, 0.1) is 34.5 Å². The zero-order valence-corrected chi connectivity index (χ0v) is 17.1. The second-order valence-corrected chi connectivity index (χ2v) is 10.8. The highest BCUT2D eigenvalue weighted by Crippen LogP contribution is 2.69. The van der Waals surface area contributed by atoms with Crippen molar-refractivity contribution in [2.75, 3.05) is 6.61 Å². The Hall–Kier alpha value is -0.910. The molecule has 0 bridgehead atoms. The lowest BCUT2D eigenvalue weighted by Crippen LogP contribution is -2.67. The Balaban J connectivity index is 1.51. The number of carbonyl (C=O) groups is 1. The fourth-order valence-electron chi connectivity index (χ4n) is 8.37. The Morgan fingerprint density at radius 1 is 1.04 bits per heavy atom. The third-order valence-electron chi connectivity index (χ3n) is 10.0. The molecular weight excluding hydrogens is 356 g/mol. The van der Waals surface area contributed by atoms with E-state index in [-0.39, 0.29) is 29.3 Å². The van der Waals surface area contributed by atoms with Gasteiger partial charge in [-0.2, -0.15) is 0 Å². The van der Waals surface area contributed by atoms with Crippen molar-refractivity contribution in [3.63, 3.8) is 0 Å². The predicted octanol–water partition coefficient (Wildman–Crippen LogP) is 2.58. The Morgan fingerprint density at radius 2 is 1.82 bits per heavy atom. The van der Waals surface area contributed by atoms with Gasteiger partial charge in [0.25, 0.3) is 0 Å². The van der Waals surface area contributed by atoms with Crippen LogP contribution in [0.15, 0.2) is 11.6 Å². The van der Waals surface area contributed by atoms with Gasteiger partial charge in [-0.3, -0.25) is 0 Å². The van der Waals surface area contributed by atoms with Crippen LogP contribution in [-0.4, -0.2) is 45.7 Å². The summed E-state index contributed by atoms with van der Waals surface area (Å²) < 4.78 is 5.16. The molecule has 0 saturated heterocycles. The Morgan fingerprint density at radius 3 is 2.54 bits per heavy atom. The number of aliphatic hydroxyl groups is 3. The molecule has 0 radical (unpaired) electrons. The van der Waals surface area contributed by atoms with Gasteiger partial charge in [0.2, 0.25) is 0 Å². The van der Waals surface area contributed by atoms with E-state index in [2.05, 4.69) is 6.92 Å². The maximum atomic E-state index is 12.1. The molecule has 0 aromatic rings. The fourth-order valence-corrected chi connectivity index (χ4v) is 8.37. The van der Waals surface area contributed by atoms with E-state index in [1.54, 1.807) is 6.08 Å². The number of fused-ring (bicyclic) bond motifs is 5. The number of rotatable bonds is 1. The summed E-state index contributed by atoms with van der Waals surface area (Å²) >= 11 is 0. The maximum absolute atomic E-state index is 12.1. The first-order valence-electron chi connectivity index (χ1n) is 11.2. The first-order chi connectivity index (χ1) is 13.2. The van der Waals surface area contributed by atoms with Crippen molar-refractivity contribution in [1.29, 1.82) is 0 Å². The summed E-state index contributed by atoms with van der Waals surface area (Å²) in [5.41, 5.74) is -0.507. The maximum Gasteiger partial charge on any atom is 0.331 e. The lowest BCUT2D eigenvalue weighted by molar-refractivity contribution is -0.244. The van der Waals surface area contributed by atoms with E-state index in [9.17, 15) is 20.1 Å². The molecule has 5 rings (SSSR count). The normalized spacial score (nSPS) is 55.8. The van der Waals surface area contributed by atoms with Crippen LogP contribution in [-0.2, 0) is 9.53 Å². The minimum absolute atomic E-state index is 0.00129. The van der Waals surface area contributed by atoms with Crippen LogP contribution in [0.2, 0.25) is 0 Å². The molecule has 4 aliphatic carbocycles. The van der Waals surface area contributed by atoms with Crippen LogP contribution < -0.4 is 0 Å². The highest BCUT2D eigenvalue weighted by Gasteiger charge is 2.70. The molecule has 0 aromatic carbocycles. The SMILES string of the molecule is C[C@]12CC[C@@H](O)C[C@@H]1CC[C@H]1[C@@H]2C[C@H](O)[C@]2(C)[C@H](C3=CC(=O)OC3)CC[C@]12O. The van der Waals surface area contributed by atoms with Crippen molar-refractivity contribution in [1.82, 2.24) is 0 Å². The third kappa shape index (κ3) is 2.27. The van der Waals surface area contributed by atoms with E-state index < -0.39 is 17.1 Å². The number of hydrogen-bond acceptors (Lipinski definition) is 5. The molecule has 0 aromatic heterocycles. The van der Waals surface area contributed by atoms with Crippen LogP contribution in [0.25, 0.3) is 0 Å². The molecule has 0 unspecified atom stereocenters. The van der Waals surface area contributed by atoms with Gasteiger partial charge in [-0.1, -0.05) is 13.8 Å². The molecule has 3 N–H and O–H groups in total. The number of esters is 1. The number of carbonyl (C=O) groups excluding carboxylic acids is 1. The van der Waals surface area contributed by atoms with Crippen LogP contribution in [0.1, 0.15) is 65.2 Å². The quantitative estimate of drug-likeness (QED) is 0.599. The second kappa shape index (κ2) is 6.05. The van der Waals surface area contributed by atoms with E-state index in [1.165, 1.54) is 0 Å². The van der Waals surface area contributed by atoms with Gasteiger partial charge < -0.3 is 20.1 Å². The highest BCUT2D eigenvalue weighted by atomic mass is 16.5. The first kappa shape index (κ1) is 19.1. The van der Waals surface area contributed by atoms with Gasteiger partial charge >= 0.3 is 5.97 Å². The van der Waals surface area contributed by atoms with Gasteiger partial charge in [0.15, 0.2) is 0 Å². The number of ether oxygens (including phenoxy) is 1. The van der Waals surface area contributed by atoms with Crippen LogP contribution in [0.4, 0.5) is 0 Å². The second-order valence-electron chi connectivity index (χ2n) is 10.8. The van der Waals surface area contributed by atoms with Crippen molar-refractivity contribution in [3.05, 3.63) is 11.6 Å². The molecular formula is C23H34O5. The summed E-state index contributed by atoms with van der Waals surface area (Å²) in [6.45, 7) is 4.69. The molecule has 9 atom stereocenters. The molecule has 1 heterocycles. The largest absolute Gasteiger partial charge is 0.458 e. The van der Waals surface area contributed by atoms with Crippen LogP contribution >= 0.6 is 0 Å². The van der Waals surface area contributed by atoms with Crippen molar-refractivity contribution in [3.8, 4) is 0 Å². The van der Waals surface area contributed by atoms with Crippen LogP contribution in [0.5, 0.6) is 0 Å².